The summed E-state index contributed by atoms with van der Waals surface area (Å²) in [5, 5.41) is 2.56. The Hall–Kier alpha value is 2.78. The number of carbonyl (C=O) groups is 1. The summed E-state index contributed by atoms with van der Waals surface area (Å²) in [6, 6.07) is 0.213. The zero-order chi connectivity index (χ0) is 5.86. The molecule has 0 aliphatic carbocycles. The smallest absolute Gasteiger partial charge is 0.0799 e. The Kier molecular flexibility index (Phi) is 71.4. The summed E-state index contributed by atoms with van der Waals surface area (Å²) in [6.45, 7) is 6.91. The summed E-state index contributed by atoms with van der Waals surface area (Å²) in [6.07, 6.45) is 0. The minimum atomic E-state index is -0.213. The minimum Gasteiger partial charge on any atom is -0.379 e. The van der Waals surface area contributed by atoms with Crippen LogP contribution in [0.15, 0.2) is 0 Å². The van der Waals surface area contributed by atoms with Crippen LogP contribution < -0.4 is 5.32 Å². The molecular formula is C5H10NOW5-. The molecule has 0 aromatic rings. The average molecular weight is 1020 g/mol. The van der Waals surface area contributed by atoms with Crippen molar-refractivity contribution >= 4 is 5.91 Å². The Labute approximate surface area is 146 Å². The van der Waals surface area contributed by atoms with Gasteiger partial charge in [0.15, 0.2) is 0 Å². The van der Waals surface area contributed by atoms with Gasteiger partial charge in [-0.05, 0) is 13.8 Å². The average Bonchev–Trinajstić information content (AvgIpc) is 1.27. The van der Waals surface area contributed by atoms with Crippen molar-refractivity contribution in [1.82, 2.24) is 5.32 Å². The van der Waals surface area contributed by atoms with Crippen molar-refractivity contribution < 1.29 is 110 Å². The fourth-order valence-electron chi connectivity index (χ4n) is 0.322. The molecule has 12 heavy (non-hydrogen) atoms. The largest absolute Gasteiger partial charge is 0.379 e. The maximum Gasteiger partial charge on any atom is 0.0799 e. The van der Waals surface area contributed by atoms with Crippen molar-refractivity contribution in [2.45, 2.75) is 19.9 Å². The van der Waals surface area contributed by atoms with Crippen molar-refractivity contribution in [3.05, 3.63) is 6.92 Å². The molecule has 0 aromatic heterocycles. The third-order valence-electron chi connectivity index (χ3n) is 0.450. The monoisotopic (exact) mass is 1020 g/mol. The van der Waals surface area contributed by atoms with Gasteiger partial charge in [0, 0.05) is 111 Å². The second-order valence-corrected chi connectivity index (χ2v) is 1.72. The van der Waals surface area contributed by atoms with Gasteiger partial charge in [-0.25, -0.2) is 0 Å². The summed E-state index contributed by atoms with van der Waals surface area (Å²) in [4.78, 5) is 10.0. The van der Waals surface area contributed by atoms with E-state index in [9.17, 15) is 4.79 Å². The third kappa shape index (κ3) is 38.6. The maximum atomic E-state index is 10.0. The van der Waals surface area contributed by atoms with E-state index in [1.165, 1.54) is 0 Å². The molecule has 0 aromatic carbocycles. The van der Waals surface area contributed by atoms with Gasteiger partial charge in [0.05, 0.1) is 5.91 Å². The predicted octanol–water partition coefficient (Wildman–Crippen LogP) is 0.333. The molecule has 1 N–H and O–H groups in total. The van der Waals surface area contributed by atoms with Gasteiger partial charge in [0.25, 0.3) is 0 Å². The molecular weight excluding hydrogens is 1010 g/mol. The van der Waals surface area contributed by atoms with E-state index < -0.39 is 0 Å². The standard InChI is InChI=1S/C5H10NO.5W/c1-4(2)6-5(3)7;;;;;/h4H,3H2,1-2H3,(H,6,7);;;;;/q-1;;;;;. The van der Waals surface area contributed by atoms with Crippen LogP contribution in [0.1, 0.15) is 13.8 Å². The summed E-state index contributed by atoms with van der Waals surface area (Å²) >= 11 is 0. The van der Waals surface area contributed by atoms with Crippen molar-refractivity contribution in [3.8, 4) is 0 Å². The first-order valence-electron chi connectivity index (χ1n) is 2.25. The second kappa shape index (κ2) is 23.5. The quantitative estimate of drug-likeness (QED) is 0.378. The SMILES string of the molecule is [CH2-]C(=O)NC(C)C.[W].[W].[W].[W].[W]. The summed E-state index contributed by atoms with van der Waals surface area (Å²) < 4.78 is 0. The molecule has 0 rings (SSSR count). The van der Waals surface area contributed by atoms with Gasteiger partial charge in [0.2, 0.25) is 0 Å². The Bertz CT molecular complexity index is 80.2. The van der Waals surface area contributed by atoms with Crippen LogP contribution in [0.3, 0.4) is 0 Å². The molecule has 0 fully saturated rings. The normalized spacial score (nSPS) is 5.25. The van der Waals surface area contributed by atoms with Gasteiger partial charge in [-0.1, -0.05) is 0 Å². The van der Waals surface area contributed by atoms with Crippen LogP contribution in [0, 0.1) is 6.92 Å². The van der Waals surface area contributed by atoms with Gasteiger partial charge in [-0.15, -0.1) is 0 Å². The molecule has 0 radical (unpaired) electrons. The van der Waals surface area contributed by atoms with E-state index in [2.05, 4.69) is 12.2 Å². The molecule has 0 saturated heterocycles. The Morgan fingerprint density at radius 2 is 1.33 bits per heavy atom. The Balaban J connectivity index is -0.0000000180. The first kappa shape index (κ1) is 36.4. The molecule has 0 bridgehead atoms. The number of carbonyl (C=O) groups excluding carboxylic acids is 1. The zero-order valence-electron chi connectivity index (χ0n) is 6.73. The van der Waals surface area contributed by atoms with E-state index in [4.69, 9.17) is 0 Å². The second-order valence-electron chi connectivity index (χ2n) is 1.72. The minimum absolute atomic E-state index is 0. The Morgan fingerprint density at radius 1 is 1.08 bits per heavy atom. The maximum absolute atomic E-state index is 10.0. The van der Waals surface area contributed by atoms with E-state index in [-0.39, 0.29) is 117 Å². The molecule has 0 aliphatic rings. The van der Waals surface area contributed by atoms with Gasteiger partial charge in [-0.2, -0.15) is 0 Å². The first-order chi connectivity index (χ1) is 3.13. The first-order valence-corrected chi connectivity index (χ1v) is 2.25. The summed E-state index contributed by atoms with van der Waals surface area (Å²) in [5.74, 6) is -0.213. The molecule has 0 saturated carbocycles. The van der Waals surface area contributed by atoms with Gasteiger partial charge < -0.3 is 17.0 Å². The van der Waals surface area contributed by atoms with Crippen molar-refractivity contribution in [2.75, 3.05) is 0 Å². The number of hydrogen-bond acceptors (Lipinski definition) is 1. The molecule has 0 atom stereocenters. The molecule has 0 spiro atoms. The van der Waals surface area contributed by atoms with Crippen LogP contribution in [0.25, 0.3) is 0 Å². The van der Waals surface area contributed by atoms with E-state index in [0.29, 0.717) is 0 Å². The zero-order valence-corrected chi connectivity index (χ0v) is 21.4. The number of rotatable bonds is 1. The van der Waals surface area contributed by atoms with Gasteiger partial charge >= 0.3 is 0 Å². The van der Waals surface area contributed by atoms with E-state index in [0.717, 1.165) is 0 Å². The summed E-state index contributed by atoms with van der Waals surface area (Å²) in [5.41, 5.74) is 0. The van der Waals surface area contributed by atoms with Crippen molar-refractivity contribution in [3.63, 3.8) is 0 Å². The number of nitrogens with one attached hydrogen (secondary N) is 1. The molecule has 1 amide bonds. The van der Waals surface area contributed by atoms with E-state index in [1.807, 2.05) is 13.8 Å². The van der Waals surface area contributed by atoms with E-state index >= 15 is 0 Å². The summed E-state index contributed by atoms with van der Waals surface area (Å²) in [7, 11) is 0. The van der Waals surface area contributed by atoms with Crippen LogP contribution in [-0.4, -0.2) is 11.9 Å². The van der Waals surface area contributed by atoms with Crippen molar-refractivity contribution in [1.29, 1.82) is 0 Å². The molecule has 7 heteroatoms. The van der Waals surface area contributed by atoms with Crippen LogP contribution in [-0.2, 0) is 110 Å². The van der Waals surface area contributed by atoms with Crippen LogP contribution in [0.5, 0.6) is 0 Å². The molecule has 0 aliphatic heterocycles. The molecule has 2 nitrogen and oxygen atoms in total. The van der Waals surface area contributed by atoms with Gasteiger partial charge in [-0.3, -0.25) is 0 Å². The fraction of sp³-hybridized carbons (Fsp3) is 0.600. The fourth-order valence-corrected chi connectivity index (χ4v) is 0.322. The van der Waals surface area contributed by atoms with Crippen LogP contribution in [0.4, 0.5) is 0 Å². The Morgan fingerprint density at radius 3 is 1.33 bits per heavy atom. The predicted molar refractivity (Wildman–Crippen MR) is 28.6 cm³/mol. The third-order valence-corrected chi connectivity index (χ3v) is 0.450. The van der Waals surface area contributed by atoms with Crippen molar-refractivity contribution in [2.24, 2.45) is 0 Å². The van der Waals surface area contributed by atoms with E-state index in [1.54, 1.807) is 0 Å². The molecule has 72 valence electrons. The van der Waals surface area contributed by atoms with Crippen LogP contribution >= 0.6 is 0 Å². The van der Waals surface area contributed by atoms with Crippen LogP contribution in [0.2, 0.25) is 0 Å². The topological polar surface area (TPSA) is 29.1 Å². The number of hydrogen-bond donors (Lipinski definition) is 1. The van der Waals surface area contributed by atoms with Gasteiger partial charge in [0.1, 0.15) is 0 Å². The molecule has 0 unspecified atom stereocenters. The molecule has 0 heterocycles. The number of amides is 1.